The van der Waals surface area contributed by atoms with Crippen LogP contribution in [0.3, 0.4) is 0 Å². The molecule has 0 saturated heterocycles. The fourth-order valence-electron chi connectivity index (χ4n) is 5.33. The molecule has 3 aromatic carbocycles. The van der Waals surface area contributed by atoms with E-state index in [2.05, 4.69) is 0 Å². The van der Waals surface area contributed by atoms with E-state index >= 15 is 8.78 Å². The Morgan fingerprint density at radius 3 is 2.32 bits per heavy atom. The second-order valence-electron chi connectivity index (χ2n) is 10.6. The number of methoxy groups -OCH3 is 2. The Hall–Kier alpha value is -3.89. The van der Waals surface area contributed by atoms with Gasteiger partial charge in [0.25, 0.3) is 0 Å². The monoisotopic (exact) mass is 588 g/mol. The number of carbonyl (C=O) groups is 2. The molecule has 0 saturated carbocycles. The summed E-state index contributed by atoms with van der Waals surface area (Å²) in [5.41, 5.74) is 3.07. The zero-order valence-electron chi connectivity index (χ0n) is 23.3. The minimum atomic E-state index is -1.52. The Morgan fingerprint density at radius 1 is 1.12 bits per heavy atom. The van der Waals surface area contributed by atoms with Gasteiger partial charge in [-0.25, -0.2) is 13.6 Å². The van der Waals surface area contributed by atoms with E-state index in [1.165, 1.54) is 31.3 Å². The minimum absolute atomic E-state index is 0.0545. The predicted molar refractivity (Wildman–Crippen MR) is 149 cm³/mol. The second kappa shape index (κ2) is 11.2. The normalized spacial score (nSPS) is 17.9. The van der Waals surface area contributed by atoms with Crippen LogP contribution in [-0.4, -0.2) is 54.9 Å². The smallest absolute Gasteiger partial charge is 0.410 e. The molecule has 0 radical (unpaired) electrons. The van der Waals surface area contributed by atoms with Crippen LogP contribution in [0.5, 0.6) is 11.5 Å². The van der Waals surface area contributed by atoms with Crippen LogP contribution in [-0.2, 0) is 10.3 Å². The summed E-state index contributed by atoms with van der Waals surface area (Å²) in [5, 5.41) is 10.4. The van der Waals surface area contributed by atoms with E-state index in [1.807, 2.05) is 0 Å². The maximum absolute atomic E-state index is 15.9. The van der Waals surface area contributed by atoms with Crippen molar-refractivity contribution in [3.05, 3.63) is 81.9 Å². The molecule has 11 heteroatoms. The minimum Gasteiger partial charge on any atom is -0.494 e. The summed E-state index contributed by atoms with van der Waals surface area (Å²) in [5.74, 6) is -4.28. The first-order valence-corrected chi connectivity index (χ1v) is 13.1. The molecule has 4 rings (SSSR count). The van der Waals surface area contributed by atoms with Crippen LogP contribution in [0.25, 0.3) is 11.1 Å². The van der Waals surface area contributed by atoms with Gasteiger partial charge in [-0.15, -0.1) is 0 Å². The van der Waals surface area contributed by atoms with Crippen LogP contribution >= 0.6 is 11.6 Å². The van der Waals surface area contributed by atoms with E-state index in [1.54, 1.807) is 51.1 Å². The summed E-state index contributed by atoms with van der Waals surface area (Å²) in [6.07, 6.45) is -0.664. The van der Waals surface area contributed by atoms with Crippen molar-refractivity contribution < 1.29 is 37.7 Å². The number of nitrogens with zero attached hydrogens (tertiary/aromatic N) is 1. The third-order valence-corrected chi connectivity index (χ3v) is 7.68. The Morgan fingerprint density at radius 2 is 1.78 bits per heavy atom. The van der Waals surface area contributed by atoms with Gasteiger partial charge >= 0.3 is 6.09 Å². The Kier molecular flexibility index (Phi) is 8.20. The molecule has 8 nitrogen and oxygen atoms in total. The number of ether oxygens (including phenoxy) is 3. The van der Waals surface area contributed by atoms with Crippen LogP contribution in [0.1, 0.15) is 48.2 Å². The number of rotatable bonds is 7. The molecule has 0 bridgehead atoms. The van der Waals surface area contributed by atoms with Crippen molar-refractivity contribution >= 4 is 23.6 Å². The van der Waals surface area contributed by atoms with E-state index in [4.69, 9.17) is 31.5 Å². The van der Waals surface area contributed by atoms with Crippen molar-refractivity contribution in [3.8, 4) is 22.6 Å². The van der Waals surface area contributed by atoms with Gasteiger partial charge in [0.15, 0.2) is 17.2 Å². The Labute approximate surface area is 241 Å². The van der Waals surface area contributed by atoms with Crippen molar-refractivity contribution in [1.29, 1.82) is 0 Å². The third kappa shape index (κ3) is 5.06. The summed E-state index contributed by atoms with van der Waals surface area (Å²) in [4.78, 5) is 26.9. The third-order valence-electron chi connectivity index (χ3n) is 7.31. The van der Waals surface area contributed by atoms with Gasteiger partial charge in [0.1, 0.15) is 11.6 Å². The van der Waals surface area contributed by atoms with Crippen molar-refractivity contribution in [3.63, 3.8) is 0 Å². The van der Waals surface area contributed by atoms with Crippen molar-refractivity contribution in [2.24, 2.45) is 5.73 Å². The topological polar surface area (TPSA) is 111 Å². The second-order valence-corrected chi connectivity index (χ2v) is 11.0. The number of aliphatic hydroxyl groups is 1. The molecule has 3 N–H and O–H groups in total. The van der Waals surface area contributed by atoms with Gasteiger partial charge < -0.3 is 25.1 Å². The molecule has 218 valence electrons. The van der Waals surface area contributed by atoms with Gasteiger partial charge in [0.2, 0.25) is 5.91 Å². The molecule has 0 aliphatic carbocycles. The van der Waals surface area contributed by atoms with Crippen LogP contribution < -0.4 is 15.2 Å². The molecule has 1 aliphatic heterocycles. The number of halogens is 3. The first-order chi connectivity index (χ1) is 19.3. The van der Waals surface area contributed by atoms with Gasteiger partial charge in [-0.05, 0) is 38.5 Å². The van der Waals surface area contributed by atoms with E-state index in [9.17, 15) is 14.7 Å². The predicted octanol–water partition coefficient (Wildman–Crippen LogP) is 5.62. The van der Waals surface area contributed by atoms with Crippen molar-refractivity contribution in [2.75, 3.05) is 27.4 Å². The molecule has 1 heterocycles. The van der Waals surface area contributed by atoms with Gasteiger partial charge in [0, 0.05) is 28.3 Å². The highest BCUT2D eigenvalue weighted by molar-refractivity contribution is 6.34. The number of benzene rings is 3. The van der Waals surface area contributed by atoms with Gasteiger partial charge in [-0.2, -0.15) is 0 Å². The van der Waals surface area contributed by atoms with Crippen molar-refractivity contribution in [2.45, 2.75) is 37.8 Å². The van der Waals surface area contributed by atoms with Gasteiger partial charge in [-0.3, -0.25) is 9.69 Å². The largest absolute Gasteiger partial charge is 0.494 e. The molecule has 0 aromatic heterocycles. The fourth-order valence-corrected chi connectivity index (χ4v) is 5.58. The number of primary amides is 1. The Bertz CT molecular complexity index is 1490. The number of fused-ring (bicyclic) bond motifs is 1. The molecule has 2 atom stereocenters. The number of amides is 2. The average molecular weight is 589 g/mol. The highest BCUT2D eigenvalue weighted by atomic mass is 35.5. The standard InChI is InChI=1S/C30H31ClF2N2O6/c1-29(2,3)35(28(38)40-5)15-30(16-9-7-6-8-10-16)18(14-36)23-21(41-30)13-19(32)25(31)24(23)22-17(27(34)37)11-12-20(39-4)26(22)33/h6-13,18,36H,14-15H2,1-5H3,(H2,34,37). The van der Waals surface area contributed by atoms with Crippen LogP contribution in [0.2, 0.25) is 5.02 Å². The zero-order chi connectivity index (χ0) is 30.3. The number of nitrogens with two attached hydrogens (primary N) is 1. The van der Waals surface area contributed by atoms with E-state index < -0.39 is 57.9 Å². The maximum atomic E-state index is 15.9. The van der Waals surface area contributed by atoms with E-state index in [-0.39, 0.29) is 34.7 Å². The van der Waals surface area contributed by atoms with Crippen LogP contribution in [0.4, 0.5) is 13.6 Å². The van der Waals surface area contributed by atoms with E-state index in [0.29, 0.717) is 5.56 Å². The molecule has 3 aromatic rings. The first-order valence-electron chi connectivity index (χ1n) is 12.7. The SMILES string of the molecule is COC(=O)N(CC1(c2ccccc2)Oc2cc(F)c(Cl)c(-c3c(C(N)=O)ccc(OC)c3F)c2C1CO)C(C)(C)C. The summed E-state index contributed by atoms with van der Waals surface area (Å²) < 4.78 is 48.1. The zero-order valence-corrected chi connectivity index (χ0v) is 24.0. The highest BCUT2D eigenvalue weighted by Gasteiger charge is 2.54. The molecule has 0 spiro atoms. The lowest BCUT2D eigenvalue weighted by Crippen LogP contribution is -2.55. The van der Waals surface area contributed by atoms with Crippen molar-refractivity contribution in [1.82, 2.24) is 4.90 Å². The molecule has 0 fully saturated rings. The number of hydrogen-bond donors (Lipinski definition) is 2. The summed E-state index contributed by atoms with van der Waals surface area (Å²) in [6.45, 7) is 4.64. The lowest BCUT2D eigenvalue weighted by atomic mass is 9.76. The van der Waals surface area contributed by atoms with Crippen LogP contribution in [0.15, 0.2) is 48.5 Å². The fraction of sp³-hybridized carbons (Fsp3) is 0.333. The summed E-state index contributed by atoms with van der Waals surface area (Å²) in [6, 6.07) is 12.3. The summed E-state index contributed by atoms with van der Waals surface area (Å²) in [7, 11) is 2.48. The summed E-state index contributed by atoms with van der Waals surface area (Å²) >= 11 is 6.51. The van der Waals surface area contributed by atoms with E-state index in [0.717, 1.165) is 6.07 Å². The lowest BCUT2D eigenvalue weighted by Gasteiger charge is -2.43. The quantitative estimate of drug-likeness (QED) is 0.370. The maximum Gasteiger partial charge on any atom is 0.410 e. The molecular weight excluding hydrogens is 558 g/mol. The molecular formula is C30H31ClF2N2O6. The average Bonchev–Trinajstić information content (AvgIpc) is 3.25. The number of hydrogen-bond acceptors (Lipinski definition) is 6. The molecule has 2 unspecified atom stereocenters. The molecule has 1 aliphatic rings. The lowest BCUT2D eigenvalue weighted by molar-refractivity contribution is -0.0161. The molecule has 41 heavy (non-hydrogen) atoms. The molecule has 2 amide bonds. The van der Waals surface area contributed by atoms with Gasteiger partial charge in [0.05, 0.1) is 43.9 Å². The first kappa shape index (κ1) is 30.1. The Balaban J connectivity index is 2.10. The highest BCUT2D eigenvalue weighted by Crippen LogP contribution is 2.57. The number of aliphatic hydroxyl groups excluding tert-OH is 1. The van der Waals surface area contributed by atoms with Gasteiger partial charge in [-0.1, -0.05) is 41.9 Å². The van der Waals surface area contributed by atoms with Crippen LogP contribution in [0, 0.1) is 11.6 Å². The number of carbonyl (C=O) groups excluding carboxylic acids is 2.